The van der Waals surface area contributed by atoms with E-state index in [0.717, 1.165) is 22.6 Å². The number of amides is 1. The summed E-state index contributed by atoms with van der Waals surface area (Å²) in [5, 5.41) is 2.78. The zero-order valence-corrected chi connectivity index (χ0v) is 11.2. The molecule has 0 radical (unpaired) electrons. The topological polar surface area (TPSA) is 47.6 Å². The fourth-order valence-electron chi connectivity index (χ4n) is 2.16. The van der Waals surface area contributed by atoms with Crippen molar-refractivity contribution in [3.63, 3.8) is 0 Å². The molecule has 0 saturated heterocycles. The van der Waals surface area contributed by atoms with Gasteiger partial charge in [-0.05, 0) is 42.3 Å². The second kappa shape index (κ2) is 5.25. The summed E-state index contributed by atoms with van der Waals surface area (Å²) in [6.07, 6.45) is 0. The van der Waals surface area contributed by atoms with E-state index in [9.17, 15) is 4.79 Å². The van der Waals surface area contributed by atoms with Gasteiger partial charge in [-0.3, -0.25) is 4.79 Å². The van der Waals surface area contributed by atoms with E-state index in [2.05, 4.69) is 5.32 Å². The van der Waals surface area contributed by atoms with Crippen LogP contribution >= 0.6 is 0 Å². The van der Waals surface area contributed by atoms with Crippen molar-refractivity contribution in [3.8, 4) is 22.6 Å². The van der Waals surface area contributed by atoms with Crippen LogP contribution in [0.15, 0.2) is 42.5 Å². The van der Waals surface area contributed by atoms with E-state index >= 15 is 0 Å². The molecule has 4 heteroatoms. The molecule has 0 aliphatic carbocycles. The van der Waals surface area contributed by atoms with Gasteiger partial charge in [0.2, 0.25) is 0 Å². The standard InChI is InChI=1S/C16H15NO3/c1-2-19-13-6-3-11(4-7-13)12-5-8-14-15(9-12)20-10-16(18)17-14/h3-9H,2,10H2,1H3,(H,17,18). The molecule has 2 aromatic carbocycles. The van der Waals surface area contributed by atoms with E-state index in [4.69, 9.17) is 9.47 Å². The summed E-state index contributed by atoms with van der Waals surface area (Å²) >= 11 is 0. The maximum Gasteiger partial charge on any atom is 0.262 e. The Hall–Kier alpha value is -2.49. The van der Waals surface area contributed by atoms with Gasteiger partial charge in [0, 0.05) is 0 Å². The third kappa shape index (κ3) is 2.45. The van der Waals surface area contributed by atoms with Crippen LogP contribution in [0.1, 0.15) is 6.92 Å². The van der Waals surface area contributed by atoms with Gasteiger partial charge in [0.05, 0.1) is 12.3 Å². The van der Waals surface area contributed by atoms with E-state index in [1.54, 1.807) is 0 Å². The number of rotatable bonds is 3. The molecule has 1 heterocycles. The van der Waals surface area contributed by atoms with Crippen molar-refractivity contribution < 1.29 is 14.3 Å². The molecular weight excluding hydrogens is 254 g/mol. The molecule has 2 aromatic rings. The molecule has 1 aliphatic heterocycles. The van der Waals surface area contributed by atoms with E-state index in [1.807, 2.05) is 49.4 Å². The van der Waals surface area contributed by atoms with Gasteiger partial charge in [0.15, 0.2) is 6.61 Å². The molecule has 0 unspecified atom stereocenters. The Morgan fingerprint density at radius 3 is 2.65 bits per heavy atom. The number of hydrogen-bond donors (Lipinski definition) is 1. The van der Waals surface area contributed by atoms with E-state index < -0.39 is 0 Å². The Bertz CT molecular complexity index is 635. The van der Waals surface area contributed by atoms with Crippen molar-refractivity contribution in [2.45, 2.75) is 6.92 Å². The lowest BCUT2D eigenvalue weighted by atomic mass is 10.0. The molecule has 0 bridgehead atoms. The van der Waals surface area contributed by atoms with Gasteiger partial charge >= 0.3 is 0 Å². The maximum atomic E-state index is 11.2. The lowest BCUT2D eigenvalue weighted by Crippen LogP contribution is -2.25. The van der Waals surface area contributed by atoms with Crippen molar-refractivity contribution in [1.29, 1.82) is 0 Å². The fourth-order valence-corrected chi connectivity index (χ4v) is 2.16. The van der Waals surface area contributed by atoms with Crippen LogP contribution in [-0.2, 0) is 4.79 Å². The highest BCUT2D eigenvalue weighted by Gasteiger charge is 2.16. The van der Waals surface area contributed by atoms with Gasteiger partial charge in [-0.15, -0.1) is 0 Å². The summed E-state index contributed by atoms with van der Waals surface area (Å²) in [6, 6.07) is 13.7. The van der Waals surface area contributed by atoms with Gasteiger partial charge in [-0.25, -0.2) is 0 Å². The SMILES string of the molecule is CCOc1ccc(-c2ccc3c(c2)OCC(=O)N3)cc1. The Morgan fingerprint density at radius 1 is 1.15 bits per heavy atom. The minimum atomic E-state index is -0.119. The van der Waals surface area contributed by atoms with Crippen molar-refractivity contribution in [1.82, 2.24) is 0 Å². The van der Waals surface area contributed by atoms with Crippen LogP contribution in [0.3, 0.4) is 0 Å². The van der Waals surface area contributed by atoms with Crippen LogP contribution in [-0.4, -0.2) is 19.1 Å². The normalized spacial score (nSPS) is 13.2. The summed E-state index contributed by atoms with van der Waals surface area (Å²) in [5.41, 5.74) is 2.84. The lowest BCUT2D eigenvalue weighted by molar-refractivity contribution is -0.118. The fraction of sp³-hybridized carbons (Fsp3) is 0.188. The van der Waals surface area contributed by atoms with E-state index in [-0.39, 0.29) is 12.5 Å². The first-order chi connectivity index (χ1) is 9.76. The number of nitrogens with one attached hydrogen (secondary N) is 1. The highest BCUT2D eigenvalue weighted by atomic mass is 16.5. The molecule has 0 spiro atoms. The van der Waals surface area contributed by atoms with Crippen LogP contribution in [0.4, 0.5) is 5.69 Å². The average Bonchev–Trinajstić information content (AvgIpc) is 2.48. The number of anilines is 1. The van der Waals surface area contributed by atoms with Crippen LogP contribution in [0.5, 0.6) is 11.5 Å². The Morgan fingerprint density at radius 2 is 1.90 bits per heavy atom. The number of benzene rings is 2. The lowest BCUT2D eigenvalue weighted by Gasteiger charge is -2.18. The summed E-state index contributed by atoms with van der Waals surface area (Å²) in [6.45, 7) is 2.69. The molecule has 102 valence electrons. The van der Waals surface area contributed by atoms with Gasteiger partial charge in [0.25, 0.3) is 5.91 Å². The first-order valence-electron chi connectivity index (χ1n) is 6.56. The molecule has 0 atom stereocenters. The zero-order chi connectivity index (χ0) is 13.9. The molecule has 4 nitrogen and oxygen atoms in total. The van der Waals surface area contributed by atoms with Gasteiger partial charge in [0.1, 0.15) is 11.5 Å². The van der Waals surface area contributed by atoms with E-state index in [0.29, 0.717) is 12.4 Å². The van der Waals surface area contributed by atoms with Crippen LogP contribution < -0.4 is 14.8 Å². The van der Waals surface area contributed by atoms with Crippen molar-refractivity contribution >= 4 is 11.6 Å². The number of fused-ring (bicyclic) bond motifs is 1. The third-order valence-corrected chi connectivity index (χ3v) is 3.11. The van der Waals surface area contributed by atoms with Gasteiger partial charge in [-0.1, -0.05) is 18.2 Å². The predicted octanol–water partition coefficient (Wildman–Crippen LogP) is 3.08. The number of carbonyl (C=O) groups is 1. The van der Waals surface area contributed by atoms with Crippen LogP contribution in [0.25, 0.3) is 11.1 Å². The second-order valence-electron chi connectivity index (χ2n) is 4.51. The number of ether oxygens (including phenoxy) is 2. The highest BCUT2D eigenvalue weighted by Crippen LogP contribution is 2.33. The quantitative estimate of drug-likeness (QED) is 0.931. The van der Waals surface area contributed by atoms with Crippen molar-refractivity contribution in [2.24, 2.45) is 0 Å². The Balaban J connectivity index is 1.89. The molecule has 0 saturated carbocycles. The number of carbonyl (C=O) groups excluding carboxylic acids is 1. The van der Waals surface area contributed by atoms with E-state index in [1.165, 1.54) is 0 Å². The molecule has 3 rings (SSSR count). The third-order valence-electron chi connectivity index (χ3n) is 3.11. The molecule has 1 N–H and O–H groups in total. The smallest absolute Gasteiger partial charge is 0.262 e. The largest absolute Gasteiger partial charge is 0.494 e. The second-order valence-corrected chi connectivity index (χ2v) is 4.51. The summed E-state index contributed by atoms with van der Waals surface area (Å²) < 4.78 is 10.9. The molecule has 0 fully saturated rings. The Kier molecular flexibility index (Phi) is 3.29. The summed E-state index contributed by atoms with van der Waals surface area (Å²) in [7, 11) is 0. The van der Waals surface area contributed by atoms with Gasteiger partial charge < -0.3 is 14.8 Å². The molecule has 0 aromatic heterocycles. The van der Waals surface area contributed by atoms with Crippen molar-refractivity contribution in [2.75, 3.05) is 18.5 Å². The average molecular weight is 269 g/mol. The number of hydrogen-bond acceptors (Lipinski definition) is 3. The molecule has 1 aliphatic rings. The van der Waals surface area contributed by atoms with Crippen molar-refractivity contribution in [3.05, 3.63) is 42.5 Å². The first-order valence-corrected chi connectivity index (χ1v) is 6.56. The first kappa shape index (κ1) is 12.5. The van der Waals surface area contributed by atoms with Crippen LogP contribution in [0, 0.1) is 0 Å². The molecule has 20 heavy (non-hydrogen) atoms. The monoisotopic (exact) mass is 269 g/mol. The summed E-state index contributed by atoms with van der Waals surface area (Å²) in [5.74, 6) is 1.44. The Labute approximate surface area is 117 Å². The van der Waals surface area contributed by atoms with Crippen LogP contribution in [0.2, 0.25) is 0 Å². The summed E-state index contributed by atoms with van der Waals surface area (Å²) in [4.78, 5) is 11.2. The predicted molar refractivity (Wildman–Crippen MR) is 77.2 cm³/mol. The maximum absolute atomic E-state index is 11.2. The minimum Gasteiger partial charge on any atom is -0.494 e. The highest BCUT2D eigenvalue weighted by molar-refractivity contribution is 5.95. The molecular formula is C16H15NO3. The van der Waals surface area contributed by atoms with Gasteiger partial charge in [-0.2, -0.15) is 0 Å². The molecule has 1 amide bonds. The zero-order valence-electron chi connectivity index (χ0n) is 11.2. The minimum absolute atomic E-state index is 0.0692.